The quantitative estimate of drug-likeness (QED) is 0.363. The number of hydrogen-bond acceptors (Lipinski definition) is 5. The summed E-state index contributed by atoms with van der Waals surface area (Å²) in [4.78, 5) is 11.5. The van der Waals surface area contributed by atoms with Gasteiger partial charge in [0.25, 0.3) is 5.69 Å². The number of rotatable bonds is 6. The smallest absolute Gasteiger partial charge is 0.270 e. The Morgan fingerprint density at radius 3 is 2.42 bits per heavy atom. The van der Waals surface area contributed by atoms with Gasteiger partial charge in [0.05, 0.1) is 17.2 Å². The standard InChI is InChI=1S/C20H18N2O3S/c1-15-11-12-17(22(24)25)13-20(15)26-21(14-16-7-3-2-4-8-16)18-9-5-6-10-19(18)23/h2-13,23H,14H2,1H3. The topological polar surface area (TPSA) is 66.6 Å². The van der Waals surface area contributed by atoms with Crippen molar-refractivity contribution < 1.29 is 10.0 Å². The van der Waals surface area contributed by atoms with Gasteiger partial charge in [-0.3, -0.25) is 10.1 Å². The van der Waals surface area contributed by atoms with Crippen LogP contribution in [0.5, 0.6) is 5.75 Å². The van der Waals surface area contributed by atoms with Gasteiger partial charge in [0.2, 0.25) is 0 Å². The highest BCUT2D eigenvalue weighted by molar-refractivity contribution is 8.00. The molecule has 0 radical (unpaired) electrons. The van der Waals surface area contributed by atoms with Crippen LogP contribution in [0.1, 0.15) is 11.1 Å². The van der Waals surface area contributed by atoms with Crippen LogP contribution < -0.4 is 4.31 Å². The minimum absolute atomic E-state index is 0.0510. The summed E-state index contributed by atoms with van der Waals surface area (Å²) in [7, 11) is 0. The molecule has 3 aromatic rings. The molecule has 5 nitrogen and oxygen atoms in total. The molecule has 3 rings (SSSR count). The van der Waals surface area contributed by atoms with Gasteiger partial charge in [0.15, 0.2) is 0 Å². The van der Waals surface area contributed by atoms with E-state index in [-0.39, 0.29) is 11.4 Å². The summed E-state index contributed by atoms with van der Waals surface area (Å²) in [6, 6.07) is 21.8. The highest BCUT2D eigenvalue weighted by atomic mass is 32.2. The van der Waals surface area contributed by atoms with Crippen LogP contribution in [-0.4, -0.2) is 10.0 Å². The average molecular weight is 366 g/mol. The first kappa shape index (κ1) is 17.8. The number of para-hydroxylation sites is 2. The summed E-state index contributed by atoms with van der Waals surface area (Å²) in [6.45, 7) is 2.46. The number of aryl methyl sites for hydroxylation is 1. The first-order valence-electron chi connectivity index (χ1n) is 8.07. The number of nitro benzene ring substituents is 1. The maximum absolute atomic E-state index is 11.1. The molecule has 26 heavy (non-hydrogen) atoms. The first-order valence-corrected chi connectivity index (χ1v) is 8.84. The second-order valence-corrected chi connectivity index (χ2v) is 6.87. The zero-order valence-corrected chi connectivity index (χ0v) is 15.0. The third kappa shape index (κ3) is 4.15. The van der Waals surface area contributed by atoms with Crippen molar-refractivity contribution >= 4 is 23.3 Å². The second-order valence-electron chi connectivity index (χ2n) is 5.81. The maximum Gasteiger partial charge on any atom is 0.270 e. The molecule has 0 saturated carbocycles. The van der Waals surface area contributed by atoms with E-state index < -0.39 is 4.92 Å². The molecule has 0 aromatic heterocycles. The minimum Gasteiger partial charge on any atom is -0.506 e. The number of aromatic hydroxyl groups is 1. The molecule has 0 amide bonds. The van der Waals surface area contributed by atoms with Crippen molar-refractivity contribution in [1.29, 1.82) is 0 Å². The number of benzene rings is 3. The molecule has 0 aliphatic heterocycles. The minimum atomic E-state index is -0.398. The molecular weight excluding hydrogens is 348 g/mol. The van der Waals surface area contributed by atoms with E-state index in [4.69, 9.17) is 0 Å². The van der Waals surface area contributed by atoms with Crippen LogP contribution in [0.3, 0.4) is 0 Å². The zero-order chi connectivity index (χ0) is 18.5. The van der Waals surface area contributed by atoms with E-state index >= 15 is 0 Å². The van der Waals surface area contributed by atoms with E-state index in [0.29, 0.717) is 12.2 Å². The van der Waals surface area contributed by atoms with Crippen LogP contribution >= 0.6 is 11.9 Å². The Kier molecular flexibility index (Phi) is 5.43. The highest BCUT2D eigenvalue weighted by Gasteiger charge is 2.17. The van der Waals surface area contributed by atoms with Crippen molar-refractivity contribution in [1.82, 2.24) is 0 Å². The highest BCUT2D eigenvalue weighted by Crippen LogP contribution is 2.38. The van der Waals surface area contributed by atoms with Crippen molar-refractivity contribution in [2.24, 2.45) is 0 Å². The van der Waals surface area contributed by atoms with Gasteiger partial charge in [-0.15, -0.1) is 0 Å². The summed E-state index contributed by atoms with van der Waals surface area (Å²) < 4.78 is 1.94. The van der Waals surface area contributed by atoms with Crippen molar-refractivity contribution in [2.75, 3.05) is 4.31 Å². The molecular formula is C20H18N2O3S. The van der Waals surface area contributed by atoms with Gasteiger partial charge in [-0.2, -0.15) is 0 Å². The van der Waals surface area contributed by atoms with Crippen molar-refractivity contribution in [3.05, 3.63) is 94.0 Å². The van der Waals surface area contributed by atoms with Crippen LogP contribution in [0, 0.1) is 17.0 Å². The van der Waals surface area contributed by atoms with Crippen molar-refractivity contribution in [3.8, 4) is 5.75 Å². The summed E-state index contributed by atoms with van der Waals surface area (Å²) in [6.07, 6.45) is 0. The van der Waals surface area contributed by atoms with Crippen LogP contribution in [0.15, 0.2) is 77.7 Å². The number of phenolic OH excluding ortho intramolecular Hbond substituents is 1. The monoisotopic (exact) mass is 366 g/mol. The van der Waals surface area contributed by atoms with Crippen LogP contribution in [-0.2, 0) is 6.54 Å². The predicted molar refractivity (Wildman–Crippen MR) is 104 cm³/mol. The number of anilines is 1. The molecule has 0 saturated heterocycles. The van der Waals surface area contributed by atoms with E-state index in [1.807, 2.05) is 53.7 Å². The van der Waals surface area contributed by atoms with Crippen molar-refractivity contribution in [2.45, 2.75) is 18.4 Å². The van der Waals surface area contributed by atoms with E-state index in [1.54, 1.807) is 24.3 Å². The average Bonchev–Trinajstić information content (AvgIpc) is 2.64. The third-order valence-electron chi connectivity index (χ3n) is 3.91. The van der Waals surface area contributed by atoms with Crippen LogP contribution in [0.25, 0.3) is 0 Å². The normalized spacial score (nSPS) is 10.5. The molecule has 0 fully saturated rings. The molecule has 0 atom stereocenters. The lowest BCUT2D eigenvalue weighted by Crippen LogP contribution is -2.14. The summed E-state index contributed by atoms with van der Waals surface area (Å²) in [5, 5.41) is 21.4. The lowest BCUT2D eigenvalue weighted by molar-refractivity contribution is -0.385. The van der Waals surface area contributed by atoms with Gasteiger partial charge >= 0.3 is 0 Å². The molecule has 3 aromatic carbocycles. The Hall–Kier alpha value is -2.99. The Balaban J connectivity index is 1.97. The van der Waals surface area contributed by atoms with Crippen molar-refractivity contribution in [3.63, 3.8) is 0 Å². The Labute approximate surface area is 156 Å². The Morgan fingerprint density at radius 1 is 1.04 bits per heavy atom. The lowest BCUT2D eigenvalue weighted by Gasteiger charge is -2.25. The number of phenols is 1. The summed E-state index contributed by atoms with van der Waals surface area (Å²) in [5.74, 6) is 0.166. The number of nitrogens with zero attached hydrogens (tertiary/aromatic N) is 2. The SMILES string of the molecule is Cc1ccc([N+](=O)[O-])cc1SN(Cc1ccccc1)c1ccccc1O. The lowest BCUT2D eigenvalue weighted by atomic mass is 10.2. The van der Waals surface area contributed by atoms with E-state index in [2.05, 4.69) is 0 Å². The van der Waals surface area contributed by atoms with Crippen LogP contribution in [0.4, 0.5) is 11.4 Å². The fourth-order valence-corrected chi connectivity index (χ4v) is 3.60. The molecule has 0 bridgehead atoms. The second kappa shape index (κ2) is 7.93. The molecule has 0 heterocycles. The Bertz CT molecular complexity index is 916. The fourth-order valence-electron chi connectivity index (χ4n) is 2.51. The fraction of sp³-hybridized carbons (Fsp3) is 0.100. The van der Waals surface area contributed by atoms with E-state index in [1.165, 1.54) is 18.0 Å². The number of nitro groups is 1. The van der Waals surface area contributed by atoms with E-state index in [9.17, 15) is 15.2 Å². The largest absolute Gasteiger partial charge is 0.506 e. The van der Waals surface area contributed by atoms with E-state index in [0.717, 1.165) is 16.0 Å². The van der Waals surface area contributed by atoms with Gasteiger partial charge in [-0.1, -0.05) is 48.5 Å². The summed E-state index contributed by atoms with van der Waals surface area (Å²) in [5.41, 5.74) is 2.72. The molecule has 0 unspecified atom stereocenters. The molecule has 0 aliphatic rings. The first-order chi connectivity index (χ1) is 12.5. The van der Waals surface area contributed by atoms with Gasteiger partial charge in [-0.05, 0) is 42.1 Å². The molecule has 6 heteroatoms. The molecule has 0 spiro atoms. The van der Waals surface area contributed by atoms with Gasteiger partial charge in [0.1, 0.15) is 5.75 Å². The number of non-ortho nitro benzene ring substituents is 1. The number of hydrogen-bond donors (Lipinski definition) is 1. The Morgan fingerprint density at radius 2 is 1.73 bits per heavy atom. The van der Waals surface area contributed by atoms with Gasteiger partial charge in [-0.25, -0.2) is 0 Å². The van der Waals surface area contributed by atoms with Crippen LogP contribution in [0.2, 0.25) is 0 Å². The maximum atomic E-state index is 11.1. The molecule has 0 aliphatic carbocycles. The van der Waals surface area contributed by atoms with Gasteiger partial charge in [0, 0.05) is 17.0 Å². The molecule has 1 N–H and O–H groups in total. The molecule has 132 valence electrons. The third-order valence-corrected chi connectivity index (χ3v) is 5.09. The zero-order valence-electron chi connectivity index (χ0n) is 14.2. The predicted octanol–water partition coefficient (Wildman–Crippen LogP) is 5.32. The summed E-state index contributed by atoms with van der Waals surface area (Å²) >= 11 is 1.38. The van der Waals surface area contributed by atoms with Gasteiger partial charge < -0.3 is 9.41 Å².